The third-order valence-corrected chi connectivity index (χ3v) is 9.23. The molecule has 2 aromatic carbocycles. The van der Waals surface area contributed by atoms with Crippen molar-refractivity contribution in [2.75, 3.05) is 18.6 Å². The molecule has 0 unspecified atom stereocenters. The zero-order chi connectivity index (χ0) is 26.9. The van der Waals surface area contributed by atoms with Gasteiger partial charge in [-0.15, -0.1) is 0 Å². The molecule has 8 nitrogen and oxygen atoms in total. The average Bonchev–Trinajstić information content (AvgIpc) is 3.28. The number of nitrogens with zero attached hydrogens (tertiary/aromatic N) is 2. The van der Waals surface area contributed by atoms with Gasteiger partial charge in [0.2, 0.25) is 23.6 Å². The van der Waals surface area contributed by atoms with E-state index in [4.69, 9.17) is 4.74 Å². The van der Waals surface area contributed by atoms with Crippen LogP contribution in [0.15, 0.2) is 60.2 Å². The maximum Gasteiger partial charge on any atom is 0.241 e. The molecule has 2 aliphatic carbocycles. The highest BCUT2D eigenvalue weighted by Gasteiger charge is 2.67. The van der Waals surface area contributed by atoms with E-state index in [2.05, 4.69) is 0 Å². The molecule has 8 heteroatoms. The number of aromatic hydroxyl groups is 1. The van der Waals surface area contributed by atoms with E-state index in [9.17, 15) is 24.3 Å². The molecule has 4 aliphatic rings. The number of allylic oxidation sites excluding steroid dienone is 2. The standard InChI is InChI=1S/C30H30N2O6/c1-4-31-26(34)19-12-11-18-20(24(19)28(31)36)15-21-27(35)32(17-8-6-5-7-9-17)29(37)30(21,2)25(18)16-10-13-22(33)23(14-16)38-3/h5-11,13-14,19-21,24-25,33H,4,12,15H2,1-3H3/t19-,20+,21-,24-,25-,30+/m0/s1. The molecule has 6 rings (SSSR count). The molecule has 1 N–H and O–H groups in total. The zero-order valence-corrected chi connectivity index (χ0v) is 21.6. The van der Waals surface area contributed by atoms with Crippen molar-refractivity contribution < 1.29 is 29.0 Å². The van der Waals surface area contributed by atoms with Crippen LogP contribution in [0, 0.1) is 29.1 Å². The Morgan fingerprint density at radius 1 is 1.00 bits per heavy atom. The van der Waals surface area contributed by atoms with Gasteiger partial charge in [-0.05, 0) is 62.4 Å². The molecule has 196 valence electrons. The van der Waals surface area contributed by atoms with Crippen molar-refractivity contribution in [2.45, 2.75) is 32.6 Å². The lowest BCUT2D eigenvalue weighted by atomic mass is 9.51. The summed E-state index contributed by atoms with van der Waals surface area (Å²) in [7, 11) is 1.46. The van der Waals surface area contributed by atoms with Crippen LogP contribution < -0.4 is 9.64 Å². The summed E-state index contributed by atoms with van der Waals surface area (Å²) in [6.07, 6.45) is 2.75. The summed E-state index contributed by atoms with van der Waals surface area (Å²) in [5.41, 5.74) is 1.02. The minimum absolute atomic E-state index is 0.0297. The van der Waals surface area contributed by atoms with Gasteiger partial charge < -0.3 is 9.84 Å². The smallest absolute Gasteiger partial charge is 0.241 e. The quantitative estimate of drug-likeness (QED) is 0.493. The normalized spacial score (nSPS) is 32.2. The monoisotopic (exact) mass is 514 g/mol. The van der Waals surface area contributed by atoms with Crippen LogP contribution in [0.1, 0.15) is 38.2 Å². The molecule has 0 bridgehead atoms. The number of rotatable bonds is 4. The number of fused-ring (bicyclic) bond motifs is 4. The number of benzene rings is 2. The Morgan fingerprint density at radius 3 is 2.42 bits per heavy atom. The number of ether oxygens (including phenoxy) is 1. The van der Waals surface area contributed by atoms with E-state index < -0.39 is 29.1 Å². The molecule has 38 heavy (non-hydrogen) atoms. The van der Waals surface area contributed by atoms with Crippen molar-refractivity contribution in [1.29, 1.82) is 0 Å². The summed E-state index contributed by atoms with van der Waals surface area (Å²) in [6, 6.07) is 13.9. The first kappa shape index (κ1) is 24.4. The first-order chi connectivity index (χ1) is 18.2. The number of phenolic OH excluding ortho intramolecular Hbond substituents is 1. The topological polar surface area (TPSA) is 104 Å². The number of para-hydroxylation sites is 1. The van der Waals surface area contributed by atoms with Crippen molar-refractivity contribution in [3.05, 3.63) is 65.7 Å². The van der Waals surface area contributed by atoms with E-state index in [-0.39, 0.29) is 41.0 Å². The van der Waals surface area contributed by atoms with E-state index in [0.717, 1.165) is 11.1 Å². The molecule has 0 spiro atoms. The van der Waals surface area contributed by atoms with Gasteiger partial charge >= 0.3 is 0 Å². The van der Waals surface area contributed by atoms with Crippen LogP contribution in [0.5, 0.6) is 11.5 Å². The van der Waals surface area contributed by atoms with E-state index in [1.54, 1.807) is 43.3 Å². The maximum atomic E-state index is 14.3. The number of hydrogen-bond acceptors (Lipinski definition) is 6. The van der Waals surface area contributed by atoms with Gasteiger partial charge in [-0.25, -0.2) is 4.90 Å². The molecule has 2 aromatic rings. The fourth-order valence-corrected chi connectivity index (χ4v) is 7.47. The molecule has 4 amide bonds. The predicted molar refractivity (Wildman–Crippen MR) is 138 cm³/mol. The van der Waals surface area contributed by atoms with Crippen LogP contribution in [0.25, 0.3) is 0 Å². The zero-order valence-electron chi connectivity index (χ0n) is 21.6. The van der Waals surface area contributed by atoms with Gasteiger partial charge in [0.1, 0.15) is 0 Å². The van der Waals surface area contributed by atoms with Gasteiger partial charge in [-0.3, -0.25) is 24.1 Å². The minimum atomic E-state index is -1.12. The van der Waals surface area contributed by atoms with Crippen molar-refractivity contribution in [2.24, 2.45) is 29.1 Å². The Kier molecular flexibility index (Phi) is 5.49. The average molecular weight is 515 g/mol. The van der Waals surface area contributed by atoms with Crippen LogP contribution >= 0.6 is 0 Å². The fraction of sp³-hybridized carbons (Fsp3) is 0.400. The van der Waals surface area contributed by atoms with Crippen molar-refractivity contribution in [3.8, 4) is 11.5 Å². The second kappa shape index (κ2) is 8.55. The maximum absolute atomic E-state index is 14.3. The highest BCUT2D eigenvalue weighted by atomic mass is 16.5. The van der Waals surface area contributed by atoms with E-state index in [0.29, 0.717) is 25.1 Å². The lowest BCUT2D eigenvalue weighted by Crippen LogP contribution is -2.48. The Labute approximate surface area is 220 Å². The van der Waals surface area contributed by atoms with Gasteiger partial charge in [0.15, 0.2) is 11.5 Å². The van der Waals surface area contributed by atoms with Gasteiger partial charge in [0.25, 0.3) is 0 Å². The number of carbonyl (C=O) groups excluding carboxylic acids is 4. The number of amides is 4. The molecule has 2 heterocycles. The summed E-state index contributed by atoms with van der Waals surface area (Å²) in [5.74, 6) is -3.27. The van der Waals surface area contributed by atoms with Gasteiger partial charge in [0.05, 0.1) is 36.0 Å². The van der Waals surface area contributed by atoms with Crippen LogP contribution in [-0.2, 0) is 19.2 Å². The van der Waals surface area contributed by atoms with Gasteiger partial charge in [-0.1, -0.05) is 35.9 Å². The van der Waals surface area contributed by atoms with Crippen molar-refractivity contribution in [3.63, 3.8) is 0 Å². The Hall–Kier alpha value is -3.94. The van der Waals surface area contributed by atoms with Crippen LogP contribution in [0.3, 0.4) is 0 Å². The highest BCUT2D eigenvalue weighted by molar-refractivity contribution is 6.24. The third kappa shape index (κ3) is 3.09. The number of likely N-dealkylation sites (tertiary alicyclic amines) is 1. The van der Waals surface area contributed by atoms with Crippen LogP contribution in [-0.4, -0.2) is 47.3 Å². The van der Waals surface area contributed by atoms with Crippen molar-refractivity contribution in [1.82, 2.24) is 4.90 Å². The van der Waals surface area contributed by atoms with E-state index in [1.807, 2.05) is 19.1 Å². The molecule has 2 saturated heterocycles. The number of methoxy groups -OCH3 is 1. The Morgan fingerprint density at radius 2 is 1.74 bits per heavy atom. The molecule has 6 atom stereocenters. The first-order valence-electron chi connectivity index (χ1n) is 13.1. The number of carbonyl (C=O) groups is 4. The molecule has 2 aliphatic heterocycles. The second-order valence-electron chi connectivity index (χ2n) is 10.8. The third-order valence-electron chi connectivity index (χ3n) is 9.23. The SMILES string of the molecule is CCN1C(=O)[C@H]2[C@H](CC=C3[C@H]2C[C@H]2C(=O)N(c4ccccc4)C(=O)[C@@]2(C)[C@H]3c2ccc(O)c(OC)c2)C1=O. The summed E-state index contributed by atoms with van der Waals surface area (Å²) in [4.78, 5) is 57.4. The summed E-state index contributed by atoms with van der Waals surface area (Å²) in [5, 5.41) is 10.3. The fourth-order valence-electron chi connectivity index (χ4n) is 7.47. The molecular weight excluding hydrogens is 484 g/mol. The predicted octanol–water partition coefficient (Wildman–Crippen LogP) is 3.65. The lowest BCUT2D eigenvalue weighted by Gasteiger charge is -2.49. The number of hydrogen-bond donors (Lipinski definition) is 1. The number of anilines is 1. The van der Waals surface area contributed by atoms with Crippen LogP contribution in [0.2, 0.25) is 0 Å². The number of imide groups is 2. The molecule has 0 aromatic heterocycles. The molecule has 1 saturated carbocycles. The van der Waals surface area contributed by atoms with Crippen molar-refractivity contribution >= 4 is 29.3 Å². The molecule has 0 radical (unpaired) electrons. The summed E-state index contributed by atoms with van der Waals surface area (Å²) < 4.78 is 5.39. The van der Waals surface area contributed by atoms with E-state index >= 15 is 0 Å². The Balaban J connectivity index is 1.54. The van der Waals surface area contributed by atoms with Crippen LogP contribution in [0.4, 0.5) is 5.69 Å². The molecular formula is C30H30N2O6. The Bertz CT molecular complexity index is 1400. The summed E-state index contributed by atoms with van der Waals surface area (Å²) in [6.45, 7) is 3.95. The second-order valence-corrected chi connectivity index (χ2v) is 10.8. The highest BCUT2D eigenvalue weighted by Crippen LogP contribution is 2.63. The van der Waals surface area contributed by atoms with E-state index in [1.165, 1.54) is 23.0 Å². The summed E-state index contributed by atoms with van der Waals surface area (Å²) >= 11 is 0. The van der Waals surface area contributed by atoms with Gasteiger partial charge in [-0.2, -0.15) is 0 Å². The number of phenols is 1. The molecule has 3 fully saturated rings. The first-order valence-corrected chi connectivity index (χ1v) is 13.1. The lowest BCUT2D eigenvalue weighted by molar-refractivity contribution is -0.140. The van der Waals surface area contributed by atoms with Gasteiger partial charge in [0, 0.05) is 12.5 Å². The largest absolute Gasteiger partial charge is 0.504 e. The minimum Gasteiger partial charge on any atom is -0.504 e.